The first-order chi connectivity index (χ1) is 11.2. The summed E-state index contributed by atoms with van der Waals surface area (Å²) in [7, 11) is -1.36. The first-order valence-corrected chi connectivity index (χ1v) is 9.87. The van der Waals surface area contributed by atoms with Gasteiger partial charge in [0.2, 0.25) is 0 Å². The second-order valence-electron chi connectivity index (χ2n) is 5.59. The maximum Gasteiger partial charge on any atom is 0.191 e. The fraction of sp³-hybridized carbons (Fsp3) is 0.562. The average Bonchev–Trinajstić information content (AvgIpc) is 2.51. The Hall–Kier alpha value is -1.10. The monoisotopic (exact) mass is 487 g/mol. The van der Waals surface area contributed by atoms with Crippen LogP contribution in [0.15, 0.2) is 23.2 Å². The Morgan fingerprint density at radius 3 is 2.60 bits per heavy atom. The highest BCUT2D eigenvalue weighted by Crippen LogP contribution is 2.18. The number of sulfone groups is 1. The number of nitrogens with zero attached hydrogens (tertiary/aromatic N) is 1. The summed E-state index contributed by atoms with van der Waals surface area (Å²) in [6.07, 6.45) is 1.70. The van der Waals surface area contributed by atoms with Crippen molar-refractivity contribution in [1.82, 2.24) is 10.6 Å². The number of hydrogen-bond acceptors (Lipinski definition) is 4. The second kappa shape index (κ2) is 11.5. The number of benzene rings is 1. The molecule has 0 bridgehead atoms. The summed E-state index contributed by atoms with van der Waals surface area (Å²) in [5, 5.41) is 6.19. The van der Waals surface area contributed by atoms with Crippen LogP contribution < -0.4 is 15.4 Å². The van der Waals surface area contributed by atoms with Gasteiger partial charge in [-0.2, -0.15) is 0 Å². The standard InChI is InChI=1S/C16H26FN3O3S.HI/c1-5-23-15-7-6-13(10-14(15)17)11-19-16(18-3)20-12(2)8-9-24(4,21)22;/h6-7,10,12H,5,8-9,11H2,1-4H3,(H2,18,19,20);1H. The van der Waals surface area contributed by atoms with E-state index in [1.54, 1.807) is 26.1 Å². The quantitative estimate of drug-likeness (QED) is 0.335. The Balaban J connectivity index is 0.00000576. The normalized spacial score (nSPS) is 12.9. The highest BCUT2D eigenvalue weighted by atomic mass is 127. The molecule has 1 atom stereocenters. The molecule has 0 saturated heterocycles. The highest BCUT2D eigenvalue weighted by Gasteiger charge is 2.10. The van der Waals surface area contributed by atoms with Crippen LogP contribution in [0.4, 0.5) is 4.39 Å². The fourth-order valence-corrected chi connectivity index (χ4v) is 2.79. The zero-order valence-electron chi connectivity index (χ0n) is 15.0. The number of guanidine groups is 1. The van der Waals surface area contributed by atoms with Crippen molar-refractivity contribution in [3.05, 3.63) is 29.6 Å². The lowest BCUT2D eigenvalue weighted by molar-refractivity contribution is 0.321. The maximum absolute atomic E-state index is 13.8. The summed E-state index contributed by atoms with van der Waals surface area (Å²) in [6.45, 7) is 4.49. The molecule has 1 aromatic rings. The Morgan fingerprint density at radius 2 is 2.08 bits per heavy atom. The maximum atomic E-state index is 13.8. The molecular weight excluding hydrogens is 460 g/mol. The van der Waals surface area contributed by atoms with Crippen LogP contribution in [0.5, 0.6) is 5.75 Å². The highest BCUT2D eigenvalue weighted by molar-refractivity contribution is 14.0. The van der Waals surface area contributed by atoms with Gasteiger partial charge in [-0.25, -0.2) is 12.8 Å². The molecule has 1 aromatic carbocycles. The molecule has 0 radical (unpaired) electrons. The van der Waals surface area contributed by atoms with E-state index in [-0.39, 0.29) is 41.5 Å². The van der Waals surface area contributed by atoms with Crippen molar-refractivity contribution in [3.8, 4) is 5.75 Å². The van der Waals surface area contributed by atoms with Crippen LogP contribution in [0.3, 0.4) is 0 Å². The number of nitrogens with one attached hydrogen (secondary N) is 2. The van der Waals surface area contributed by atoms with Crippen molar-refractivity contribution in [2.75, 3.05) is 25.7 Å². The predicted octanol–water partition coefficient (Wildman–Crippen LogP) is 2.33. The van der Waals surface area contributed by atoms with Crippen molar-refractivity contribution in [3.63, 3.8) is 0 Å². The lowest BCUT2D eigenvalue weighted by atomic mass is 10.2. The number of halogens is 2. The molecule has 0 amide bonds. The predicted molar refractivity (Wildman–Crippen MR) is 110 cm³/mol. The van der Waals surface area contributed by atoms with Crippen LogP contribution in [-0.2, 0) is 16.4 Å². The van der Waals surface area contributed by atoms with Crippen molar-refractivity contribution >= 4 is 39.8 Å². The van der Waals surface area contributed by atoms with Crippen LogP contribution in [-0.4, -0.2) is 46.1 Å². The number of ether oxygens (including phenoxy) is 1. The van der Waals surface area contributed by atoms with Crippen molar-refractivity contribution in [2.45, 2.75) is 32.9 Å². The summed E-state index contributed by atoms with van der Waals surface area (Å²) in [6, 6.07) is 4.74. The van der Waals surface area contributed by atoms with E-state index in [9.17, 15) is 12.8 Å². The SMILES string of the molecule is CCOc1ccc(CNC(=NC)NC(C)CCS(C)(=O)=O)cc1F.I. The molecule has 0 aliphatic carbocycles. The molecule has 9 heteroatoms. The third kappa shape index (κ3) is 9.83. The number of rotatable bonds is 8. The van der Waals surface area contributed by atoms with E-state index < -0.39 is 15.7 Å². The molecule has 1 rings (SSSR count). The van der Waals surface area contributed by atoms with Gasteiger partial charge < -0.3 is 15.4 Å². The van der Waals surface area contributed by atoms with Crippen LogP contribution in [0.1, 0.15) is 25.8 Å². The van der Waals surface area contributed by atoms with Gasteiger partial charge in [-0.1, -0.05) is 6.07 Å². The van der Waals surface area contributed by atoms with E-state index in [0.717, 1.165) is 5.56 Å². The fourth-order valence-electron chi connectivity index (χ4n) is 2.00. The van der Waals surface area contributed by atoms with Gasteiger partial charge in [0.25, 0.3) is 0 Å². The first-order valence-electron chi connectivity index (χ1n) is 7.81. The van der Waals surface area contributed by atoms with Gasteiger partial charge in [0.15, 0.2) is 17.5 Å². The smallest absolute Gasteiger partial charge is 0.191 e. The Bertz CT molecular complexity index is 669. The molecule has 0 spiro atoms. The van der Waals surface area contributed by atoms with Gasteiger partial charge in [-0.3, -0.25) is 4.99 Å². The number of hydrogen-bond donors (Lipinski definition) is 2. The second-order valence-corrected chi connectivity index (χ2v) is 7.85. The average molecular weight is 487 g/mol. The lowest BCUT2D eigenvalue weighted by Gasteiger charge is -2.17. The molecule has 1 unspecified atom stereocenters. The van der Waals surface area contributed by atoms with E-state index in [0.29, 0.717) is 25.5 Å². The minimum atomic E-state index is -2.98. The van der Waals surface area contributed by atoms with Gasteiger partial charge in [-0.15, -0.1) is 24.0 Å². The minimum absolute atomic E-state index is 0. The topological polar surface area (TPSA) is 79.8 Å². The van der Waals surface area contributed by atoms with Crippen LogP contribution in [0.2, 0.25) is 0 Å². The third-order valence-corrected chi connectivity index (χ3v) is 4.26. The molecule has 0 fully saturated rings. The molecular formula is C16H27FIN3O3S. The molecule has 2 N–H and O–H groups in total. The molecule has 144 valence electrons. The summed E-state index contributed by atoms with van der Waals surface area (Å²) < 4.78 is 41.4. The van der Waals surface area contributed by atoms with Gasteiger partial charge in [-0.05, 0) is 38.0 Å². The Kier molecular flexibility index (Phi) is 11.0. The molecule has 0 aromatic heterocycles. The van der Waals surface area contributed by atoms with E-state index in [2.05, 4.69) is 15.6 Å². The molecule has 0 heterocycles. The van der Waals surface area contributed by atoms with E-state index in [4.69, 9.17) is 4.74 Å². The van der Waals surface area contributed by atoms with Gasteiger partial charge in [0, 0.05) is 25.9 Å². The van der Waals surface area contributed by atoms with Crippen molar-refractivity contribution in [2.24, 2.45) is 4.99 Å². The van der Waals surface area contributed by atoms with Crippen LogP contribution in [0, 0.1) is 5.82 Å². The van der Waals surface area contributed by atoms with Gasteiger partial charge >= 0.3 is 0 Å². The molecule has 0 aliphatic heterocycles. The van der Waals surface area contributed by atoms with Crippen molar-refractivity contribution in [1.29, 1.82) is 0 Å². The minimum Gasteiger partial charge on any atom is -0.491 e. The first kappa shape index (κ1) is 23.9. The summed E-state index contributed by atoms with van der Waals surface area (Å²) >= 11 is 0. The summed E-state index contributed by atoms with van der Waals surface area (Å²) in [4.78, 5) is 4.08. The van der Waals surface area contributed by atoms with Gasteiger partial charge in [0.05, 0.1) is 12.4 Å². The molecule has 25 heavy (non-hydrogen) atoms. The van der Waals surface area contributed by atoms with E-state index >= 15 is 0 Å². The third-order valence-electron chi connectivity index (χ3n) is 3.28. The zero-order chi connectivity index (χ0) is 18.2. The van der Waals surface area contributed by atoms with Gasteiger partial charge in [0.1, 0.15) is 9.84 Å². The van der Waals surface area contributed by atoms with Crippen molar-refractivity contribution < 1.29 is 17.5 Å². The van der Waals surface area contributed by atoms with Crippen LogP contribution in [0.25, 0.3) is 0 Å². The lowest BCUT2D eigenvalue weighted by Crippen LogP contribution is -2.42. The van der Waals surface area contributed by atoms with E-state index in [1.807, 2.05) is 6.92 Å². The summed E-state index contributed by atoms with van der Waals surface area (Å²) in [5.74, 6) is 0.478. The molecule has 6 nitrogen and oxygen atoms in total. The molecule has 0 aliphatic rings. The summed E-state index contributed by atoms with van der Waals surface area (Å²) in [5.41, 5.74) is 0.752. The van der Waals surface area contributed by atoms with Crippen LogP contribution >= 0.6 is 24.0 Å². The largest absolute Gasteiger partial charge is 0.491 e. The van der Waals surface area contributed by atoms with E-state index in [1.165, 1.54) is 12.3 Å². The number of aliphatic imine (C=N–C) groups is 1. The zero-order valence-corrected chi connectivity index (χ0v) is 18.2. The molecule has 0 saturated carbocycles. The Labute approximate surface area is 166 Å². The Morgan fingerprint density at radius 1 is 1.40 bits per heavy atom.